The summed E-state index contributed by atoms with van der Waals surface area (Å²) in [5.74, 6) is 1.62. The van der Waals surface area contributed by atoms with E-state index in [2.05, 4.69) is 45.0 Å². The molecule has 0 N–H and O–H groups in total. The lowest BCUT2D eigenvalue weighted by molar-refractivity contribution is -0.136. The first-order valence-electron chi connectivity index (χ1n) is 9.64. The van der Waals surface area contributed by atoms with Crippen LogP contribution in [0, 0.1) is 5.92 Å². The average Bonchev–Trinajstić information content (AvgIpc) is 3.50. The van der Waals surface area contributed by atoms with Crippen molar-refractivity contribution < 1.29 is 14.3 Å². The van der Waals surface area contributed by atoms with Crippen molar-refractivity contribution in [3.05, 3.63) is 52.8 Å². The van der Waals surface area contributed by atoms with Crippen molar-refractivity contribution in [3.63, 3.8) is 0 Å². The van der Waals surface area contributed by atoms with Gasteiger partial charge in [0, 0.05) is 11.5 Å². The molecule has 0 heterocycles. The first-order chi connectivity index (χ1) is 12.4. The minimum atomic E-state index is -0.287. The molecule has 1 aromatic rings. The highest BCUT2D eigenvalue weighted by atomic mass is 16.5. The zero-order chi connectivity index (χ0) is 19.3. The van der Waals surface area contributed by atoms with E-state index >= 15 is 0 Å². The largest absolute Gasteiger partial charge is 0.466 e. The summed E-state index contributed by atoms with van der Waals surface area (Å²) in [6.07, 6.45) is 5.80. The van der Waals surface area contributed by atoms with Crippen molar-refractivity contribution in [3.8, 4) is 0 Å². The molecule has 2 rings (SSSR count). The maximum absolute atomic E-state index is 12.1. The molecule has 0 aromatic heterocycles. The summed E-state index contributed by atoms with van der Waals surface area (Å²) in [6.45, 7) is 10.7. The van der Waals surface area contributed by atoms with E-state index in [9.17, 15) is 4.79 Å². The van der Waals surface area contributed by atoms with Crippen LogP contribution in [0.25, 0.3) is 5.76 Å². The lowest BCUT2D eigenvalue weighted by Gasteiger charge is -2.24. The maximum atomic E-state index is 12.1. The standard InChI is InChI=1S/C23H32O3/c1-7-19(22(24)25-6)21(17-10-11-17)26-20(8-2)16-12-14-18(15-13-16)23(4,5)9-3/h8,12-15,17H,7,9-11H2,1-6H3. The lowest BCUT2D eigenvalue weighted by Crippen LogP contribution is -2.15. The van der Waals surface area contributed by atoms with Crippen LogP contribution in [-0.4, -0.2) is 13.1 Å². The van der Waals surface area contributed by atoms with E-state index in [1.807, 2.05) is 19.9 Å². The highest BCUT2D eigenvalue weighted by molar-refractivity contribution is 5.89. The van der Waals surface area contributed by atoms with Crippen molar-refractivity contribution >= 4 is 11.7 Å². The third-order valence-corrected chi connectivity index (χ3v) is 5.35. The van der Waals surface area contributed by atoms with Crippen molar-refractivity contribution in [2.24, 2.45) is 5.92 Å². The van der Waals surface area contributed by atoms with Crippen LogP contribution in [0.4, 0.5) is 0 Å². The molecule has 1 aliphatic carbocycles. The highest BCUT2D eigenvalue weighted by Gasteiger charge is 2.33. The van der Waals surface area contributed by atoms with E-state index in [-0.39, 0.29) is 11.4 Å². The number of benzene rings is 1. The molecule has 1 aromatic carbocycles. The predicted molar refractivity (Wildman–Crippen MR) is 107 cm³/mol. The Bertz CT molecular complexity index is 689. The van der Waals surface area contributed by atoms with Gasteiger partial charge in [0.15, 0.2) is 0 Å². The third-order valence-electron chi connectivity index (χ3n) is 5.35. The maximum Gasteiger partial charge on any atom is 0.337 e. The van der Waals surface area contributed by atoms with Crippen LogP contribution < -0.4 is 0 Å². The molecule has 0 amide bonds. The molecular weight excluding hydrogens is 324 g/mol. The van der Waals surface area contributed by atoms with Gasteiger partial charge < -0.3 is 9.47 Å². The molecule has 0 radical (unpaired) electrons. The molecule has 1 aliphatic rings. The van der Waals surface area contributed by atoms with Crippen LogP contribution in [0.2, 0.25) is 0 Å². The van der Waals surface area contributed by atoms with Crippen molar-refractivity contribution in [2.45, 2.75) is 65.7 Å². The SMILES string of the molecule is CC=C(OC(=C(CC)C(=O)OC)C1CC1)c1ccc(C(C)(C)CC)cc1. The van der Waals surface area contributed by atoms with Gasteiger partial charge in [0.05, 0.1) is 12.7 Å². The second kappa shape index (κ2) is 8.57. The zero-order valence-electron chi connectivity index (χ0n) is 17.0. The number of hydrogen-bond donors (Lipinski definition) is 0. The average molecular weight is 357 g/mol. The molecule has 0 saturated heterocycles. The zero-order valence-corrected chi connectivity index (χ0v) is 17.0. The van der Waals surface area contributed by atoms with E-state index in [1.165, 1.54) is 12.7 Å². The smallest absolute Gasteiger partial charge is 0.337 e. The topological polar surface area (TPSA) is 35.5 Å². The molecule has 0 bridgehead atoms. The lowest BCUT2D eigenvalue weighted by atomic mass is 9.82. The predicted octanol–water partition coefficient (Wildman–Crippen LogP) is 6.00. The Morgan fingerprint density at radius 3 is 2.23 bits per heavy atom. The second-order valence-electron chi connectivity index (χ2n) is 7.53. The monoisotopic (exact) mass is 356 g/mol. The summed E-state index contributed by atoms with van der Waals surface area (Å²) in [4.78, 5) is 12.1. The van der Waals surface area contributed by atoms with Crippen LogP contribution in [0.5, 0.6) is 0 Å². The van der Waals surface area contributed by atoms with Gasteiger partial charge in [0.25, 0.3) is 0 Å². The molecule has 1 fully saturated rings. The third kappa shape index (κ3) is 4.57. The number of hydrogen-bond acceptors (Lipinski definition) is 3. The molecule has 26 heavy (non-hydrogen) atoms. The van der Waals surface area contributed by atoms with Crippen LogP contribution in [0.1, 0.15) is 71.4 Å². The summed E-state index contributed by atoms with van der Waals surface area (Å²) in [5.41, 5.74) is 3.16. The van der Waals surface area contributed by atoms with E-state index in [1.54, 1.807) is 0 Å². The van der Waals surface area contributed by atoms with Crippen molar-refractivity contribution in [1.29, 1.82) is 0 Å². The second-order valence-corrected chi connectivity index (χ2v) is 7.53. The van der Waals surface area contributed by atoms with Crippen molar-refractivity contribution in [1.82, 2.24) is 0 Å². The fourth-order valence-corrected chi connectivity index (χ4v) is 2.97. The number of ether oxygens (including phenoxy) is 2. The van der Waals surface area contributed by atoms with Gasteiger partial charge >= 0.3 is 5.97 Å². The van der Waals surface area contributed by atoms with Crippen LogP contribution in [0.15, 0.2) is 41.7 Å². The summed E-state index contributed by atoms with van der Waals surface area (Å²) in [5, 5.41) is 0. The summed E-state index contributed by atoms with van der Waals surface area (Å²) >= 11 is 0. The normalized spacial score (nSPS) is 16.2. The van der Waals surface area contributed by atoms with Gasteiger partial charge in [0.1, 0.15) is 11.5 Å². The Kier molecular flexibility index (Phi) is 6.69. The Morgan fingerprint density at radius 2 is 1.81 bits per heavy atom. The molecule has 3 heteroatoms. The minimum absolute atomic E-state index is 0.162. The summed E-state index contributed by atoms with van der Waals surface area (Å²) in [7, 11) is 1.42. The van der Waals surface area contributed by atoms with E-state index in [0.717, 1.165) is 36.3 Å². The fourth-order valence-electron chi connectivity index (χ4n) is 2.97. The molecule has 0 aliphatic heterocycles. The fraction of sp³-hybridized carbons (Fsp3) is 0.522. The number of carbonyl (C=O) groups is 1. The minimum Gasteiger partial charge on any atom is -0.466 e. The van der Waals surface area contributed by atoms with Gasteiger partial charge in [-0.3, -0.25) is 0 Å². The van der Waals surface area contributed by atoms with Gasteiger partial charge in [-0.05, 0) is 49.7 Å². The molecule has 3 nitrogen and oxygen atoms in total. The number of rotatable bonds is 8. The highest BCUT2D eigenvalue weighted by Crippen LogP contribution is 2.41. The molecule has 0 atom stereocenters. The van der Waals surface area contributed by atoms with Crippen LogP contribution in [-0.2, 0) is 19.7 Å². The van der Waals surface area contributed by atoms with Crippen LogP contribution >= 0.6 is 0 Å². The van der Waals surface area contributed by atoms with Gasteiger partial charge in [0.2, 0.25) is 0 Å². The number of allylic oxidation sites excluding steroid dienone is 2. The number of methoxy groups -OCH3 is 1. The van der Waals surface area contributed by atoms with Crippen LogP contribution in [0.3, 0.4) is 0 Å². The van der Waals surface area contributed by atoms with Gasteiger partial charge in [-0.25, -0.2) is 4.79 Å². The first kappa shape index (κ1) is 20.3. The van der Waals surface area contributed by atoms with E-state index in [4.69, 9.17) is 9.47 Å². The molecular formula is C23H32O3. The quantitative estimate of drug-likeness (QED) is 0.325. The Hall–Kier alpha value is -2.03. The Labute approximate surface area is 158 Å². The van der Waals surface area contributed by atoms with Gasteiger partial charge in [-0.15, -0.1) is 0 Å². The van der Waals surface area contributed by atoms with E-state index < -0.39 is 0 Å². The summed E-state index contributed by atoms with van der Waals surface area (Å²) in [6, 6.07) is 8.56. The molecule has 0 unspecified atom stereocenters. The Morgan fingerprint density at radius 1 is 1.19 bits per heavy atom. The van der Waals surface area contributed by atoms with Gasteiger partial charge in [-0.2, -0.15) is 0 Å². The Balaban J connectivity index is 2.30. The molecule has 1 saturated carbocycles. The summed E-state index contributed by atoms with van der Waals surface area (Å²) < 4.78 is 11.2. The molecule has 142 valence electrons. The van der Waals surface area contributed by atoms with Gasteiger partial charge in [-0.1, -0.05) is 52.0 Å². The van der Waals surface area contributed by atoms with E-state index in [0.29, 0.717) is 17.9 Å². The first-order valence-corrected chi connectivity index (χ1v) is 9.64. The van der Waals surface area contributed by atoms with Crippen molar-refractivity contribution in [2.75, 3.05) is 7.11 Å². The number of carbonyl (C=O) groups excluding carboxylic acids is 1. The number of esters is 1. The molecule has 0 spiro atoms.